The fourth-order valence-corrected chi connectivity index (χ4v) is 4.17. The molecule has 98 valence electrons. The van der Waals surface area contributed by atoms with Crippen LogP contribution in [0, 0.1) is 5.41 Å². The summed E-state index contributed by atoms with van der Waals surface area (Å²) in [6.45, 7) is 0.779. The molecule has 2 fully saturated rings. The highest BCUT2D eigenvalue weighted by Crippen LogP contribution is 2.30. The number of carbonyl (C=O) groups is 1. The first-order valence-electron chi connectivity index (χ1n) is 5.56. The van der Waals surface area contributed by atoms with Crippen molar-refractivity contribution >= 4 is 15.8 Å². The molecule has 1 atom stereocenters. The molecule has 0 bridgehead atoms. The van der Waals surface area contributed by atoms with Crippen LogP contribution in [-0.2, 0) is 19.4 Å². The normalized spacial score (nSPS) is 30.1. The van der Waals surface area contributed by atoms with Crippen molar-refractivity contribution in [2.45, 2.75) is 12.5 Å². The van der Waals surface area contributed by atoms with E-state index in [-0.39, 0.29) is 30.8 Å². The van der Waals surface area contributed by atoms with Crippen LogP contribution >= 0.6 is 0 Å². The Morgan fingerprint density at radius 3 is 2.53 bits per heavy atom. The largest absolute Gasteiger partial charge is 0.481 e. The van der Waals surface area contributed by atoms with Crippen molar-refractivity contribution in [3.05, 3.63) is 0 Å². The van der Waals surface area contributed by atoms with Crippen LogP contribution in [0.15, 0.2) is 0 Å². The van der Waals surface area contributed by atoms with E-state index in [4.69, 9.17) is 9.84 Å². The minimum Gasteiger partial charge on any atom is -0.481 e. The highest BCUT2D eigenvalue weighted by molar-refractivity contribution is 7.91. The van der Waals surface area contributed by atoms with E-state index in [9.17, 15) is 13.2 Å². The molecule has 2 aliphatic heterocycles. The summed E-state index contributed by atoms with van der Waals surface area (Å²) in [5.74, 6) is -0.519. The molecule has 1 N–H and O–H groups in total. The van der Waals surface area contributed by atoms with Crippen LogP contribution in [-0.4, -0.2) is 68.7 Å². The van der Waals surface area contributed by atoms with E-state index in [2.05, 4.69) is 0 Å². The SMILES string of the molecule is CN(CC1(C(=O)O)COC1)C1CCS(=O)(=O)C1. The lowest BCUT2D eigenvalue weighted by molar-refractivity contribution is -0.183. The summed E-state index contributed by atoms with van der Waals surface area (Å²) < 4.78 is 27.7. The van der Waals surface area contributed by atoms with E-state index in [1.54, 1.807) is 7.05 Å². The molecule has 0 radical (unpaired) electrons. The van der Waals surface area contributed by atoms with Crippen LogP contribution in [0.4, 0.5) is 0 Å². The molecule has 2 heterocycles. The lowest BCUT2D eigenvalue weighted by Crippen LogP contribution is -2.56. The van der Waals surface area contributed by atoms with Gasteiger partial charge in [-0.3, -0.25) is 4.79 Å². The van der Waals surface area contributed by atoms with Gasteiger partial charge in [-0.15, -0.1) is 0 Å². The smallest absolute Gasteiger partial charge is 0.315 e. The van der Waals surface area contributed by atoms with Gasteiger partial charge >= 0.3 is 5.97 Å². The molecule has 1 unspecified atom stereocenters. The minimum absolute atomic E-state index is 0.0585. The molecule has 0 amide bonds. The number of hydrogen-bond acceptors (Lipinski definition) is 5. The third kappa shape index (κ3) is 2.46. The molecular formula is C10H17NO5S. The van der Waals surface area contributed by atoms with Crippen molar-refractivity contribution in [3.8, 4) is 0 Å². The van der Waals surface area contributed by atoms with Crippen LogP contribution in [0.5, 0.6) is 0 Å². The Morgan fingerprint density at radius 1 is 1.53 bits per heavy atom. The van der Waals surface area contributed by atoms with E-state index >= 15 is 0 Å². The van der Waals surface area contributed by atoms with Crippen LogP contribution in [0.25, 0.3) is 0 Å². The number of rotatable bonds is 4. The predicted octanol–water partition coefficient (Wildman–Crippen LogP) is -0.793. The number of hydrogen-bond donors (Lipinski definition) is 1. The summed E-state index contributed by atoms with van der Waals surface area (Å²) in [4.78, 5) is 13.0. The molecular weight excluding hydrogens is 246 g/mol. The summed E-state index contributed by atoms with van der Waals surface area (Å²) in [6, 6.07) is -0.0585. The summed E-state index contributed by atoms with van der Waals surface area (Å²) in [5.41, 5.74) is -0.846. The molecule has 7 heteroatoms. The van der Waals surface area contributed by atoms with Gasteiger partial charge in [0.2, 0.25) is 0 Å². The third-order valence-corrected chi connectivity index (χ3v) is 5.34. The molecule has 0 aliphatic carbocycles. The van der Waals surface area contributed by atoms with E-state index in [1.807, 2.05) is 4.90 Å². The highest BCUT2D eigenvalue weighted by Gasteiger charge is 2.48. The maximum Gasteiger partial charge on any atom is 0.315 e. The number of carboxylic acids is 1. The quantitative estimate of drug-likeness (QED) is 0.715. The molecule has 0 saturated carbocycles. The Kier molecular flexibility index (Phi) is 3.17. The van der Waals surface area contributed by atoms with Gasteiger partial charge in [-0.1, -0.05) is 0 Å². The van der Waals surface area contributed by atoms with E-state index in [0.29, 0.717) is 13.0 Å². The van der Waals surface area contributed by atoms with Crippen molar-refractivity contribution in [2.24, 2.45) is 5.41 Å². The van der Waals surface area contributed by atoms with E-state index in [1.165, 1.54) is 0 Å². The molecule has 0 spiro atoms. The monoisotopic (exact) mass is 263 g/mol. The van der Waals surface area contributed by atoms with Gasteiger partial charge in [0.25, 0.3) is 0 Å². The molecule has 2 saturated heterocycles. The fourth-order valence-electron chi connectivity index (χ4n) is 2.36. The van der Waals surface area contributed by atoms with Crippen molar-refractivity contribution in [1.82, 2.24) is 4.90 Å². The molecule has 0 aromatic carbocycles. The Labute approximate surface area is 100 Å². The standard InChI is InChI=1S/C10H17NO5S/c1-11(8-2-3-17(14,15)4-8)5-10(9(12)13)6-16-7-10/h8H,2-7H2,1H3,(H,12,13). The van der Waals surface area contributed by atoms with Crippen molar-refractivity contribution in [2.75, 3.05) is 38.3 Å². The van der Waals surface area contributed by atoms with Crippen LogP contribution in [0.3, 0.4) is 0 Å². The van der Waals surface area contributed by atoms with Gasteiger partial charge in [0.05, 0.1) is 24.7 Å². The van der Waals surface area contributed by atoms with Gasteiger partial charge in [0, 0.05) is 12.6 Å². The second-order valence-electron chi connectivity index (χ2n) is 5.05. The number of nitrogens with zero attached hydrogens (tertiary/aromatic N) is 1. The maximum absolute atomic E-state index is 11.4. The lowest BCUT2D eigenvalue weighted by atomic mass is 9.85. The number of ether oxygens (including phenoxy) is 1. The molecule has 0 aromatic heterocycles. The van der Waals surface area contributed by atoms with E-state index < -0.39 is 21.2 Å². The topological polar surface area (TPSA) is 83.9 Å². The summed E-state index contributed by atoms with van der Waals surface area (Å²) in [5, 5.41) is 9.15. The Balaban J connectivity index is 1.98. The second kappa shape index (κ2) is 4.22. The maximum atomic E-state index is 11.4. The lowest BCUT2D eigenvalue weighted by Gasteiger charge is -2.41. The van der Waals surface area contributed by atoms with Gasteiger partial charge in [-0.2, -0.15) is 0 Å². The van der Waals surface area contributed by atoms with Gasteiger partial charge in [0.1, 0.15) is 5.41 Å². The average molecular weight is 263 g/mol. The van der Waals surface area contributed by atoms with Crippen LogP contribution in [0.2, 0.25) is 0 Å². The molecule has 0 aromatic rings. The first-order valence-corrected chi connectivity index (χ1v) is 7.39. The van der Waals surface area contributed by atoms with Gasteiger partial charge < -0.3 is 14.7 Å². The number of carboxylic acid groups (broad SMARTS) is 1. The molecule has 6 nitrogen and oxygen atoms in total. The fraction of sp³-hybridized carbons (Fsp3) is 0.900. The Hall–Kier alpha value is -0.660. The Bertz CT molecular complexity index is 414. The minimum atomic E-state index is -2.93. The van der Waals surface area contributed by atoms with Crippen molar-refractivity contribution < 1.29 is 23.1 Å². The predicted molar refractivity (Wildman–Crippen MR) is 60.6 cm³/mol. The molecule has 2 aliphatic rings. The van der Waals surface area contributed by atoms with Gasteiger partial charge in [0.15, 0.2) is 9.84 Å². The summed E-state index contributed by atoms with van der Waals surface area (Å²) >= 11 is 0. The number of sulfone groups is 1. The summed E-state index contributed by atoms with van der Waals surface area (Å²) in [6.07, 6.45) is 0.593. The van der Waals surface area contributed by atoms with Crippen molar-refractivity contribution in [1.29, 1.82) is 0 Å². The summed E-state index contributed by atoms with van der Waals surface area (Å²) in [7, 11) is -1.14. The highest BCUT2D eigenvalue weighted by atomic mass is 32.2. The first kappa shape index (κ1) is 12.8. The average Bonchev–Trinajstić information content (AvgIpc) is 2.51. The first-order chi connectivity index (χ1) is 7.85. The van der Waals surface area contributed by atoms with E-state index in [0.717, 1.165) is 0 Å². The van der Waals surface area contributed by atoms with Crippen molar-refractivity contribution in [3.63, 3.8) is 0 Å². The molecule has 2 rings (SSSR count). The third-order valence-electron chi connectivity index (χ3n) is 3.59. The zero-order valence-electron chi connectivity index (χ0n) is 9.76. The van der Waals surface area contributed by atoms with Crippen LogP contribution in [0.1, 0.15) is 6.42 Å². The zero-order chi connectivity index (χ0) is 12.7. The zero-order valence-corrected chi connectivity index (χ0v) is 10.6. The Morgan fingerprint density at radius 2 is 2.18 bits per heavy atom. The van der Waals surface area contributed by atoms with Gasteiger partial charge in [-0.05, 0) is 13.5 Å². The molecule has 17 heavy (non-hydrogen) atoms. The van der Waals surface area contributed by atoms with Crippen LogP contribution < -0.4 is 0 Å². The second-order valence-corrected chi connectivity index (χ2v) is 7.28. The van der Waals surface area contributed by atoms with Gasteiger partial charge in [-0.25, -0.2) is 8.42 Å². The number of aliphatic carboxylic acids is 1.